The average Bonchev–Trinajstić information content (AvgIpc) is 2.32. The van der Waals surface area contributed by atoms with Crippen LogP contribution in [0.3, 0.4) is 0 Å². The zero-order chi connectivity index (χ0) is 13.1. The summed E-state index contributed by atoms with van der Waals surface area (Å²) in [5.74, 6) is 0.264. The molecule has 0 aliphatic rings. The molecule has 0 spiro atoms. The maximum atomic E-state index is 13.0. The summed E-state index contributed by atoms with van der Waals surface area (Å²) in [6.07, 6.45) is 0. The number of hydrogen-bond donors (Lipinski definition) is 1. The van der Waals surface area contributed by atoms with Gasteiger partial charge in [0.1, 0.15) is 5.82 Å². The molecule has 2 aromatic carbocycles. The smallest absolute Gasteiger partial charge is 0.141 e. The minimum atomic E-state index is -0.407. The van der Waals surface area contributed by atoms with E-state index in [2.05, 4.69) is 0 Å². The van der Waals surface area contributed by atoms with E-state index >= 15 is 0 Å². The quantitative estimate of drug-likeness (QED) is 0.637. The predicted octanol–water partition coefficient (Wildman–Crippen LogP) is 5.01. The molecule has 0 saturated heterocycles. The van der Waals surface area contributed by atoms with Crippen LogP contribution in [-0.2, 0) is 5.75 Å². The third-order valence-electron chi connectivity index (χ3n) is 2.33. The van der Waals surface area contributed by atoms with E-state index < -0.39 is 5.82 Å². The lowest BCUT2D eigenvalue weighted by atomic mass is 10.2. The molecule has 0 aromatic heterocycles. The molecule has 0 aliphatic heterocycles. The van der Waals surface area contributed by atoms with E-state index in [0.29, 0.717) is 16.5 Å². The fourth-order valence-electron chi connectivity index (χ4n) is 1.42. The van der Waals surface area contributed by atoms with E-state index in [9.17, 15) is 4.39 Å². The minimum Gasteiger partial charge on any atom is -0.399 e. The molecule has 0 aliphatic carbocycles. The second kappa shape index (κ2) is 5.83. The van der Waals surface area contributed by atoms with Crippen LogP contribution in [0.1, 0.15) is 5.56 Å². The number of hydrogen-bond acceptors (Lipinski definition) is 2. The third kappa shape index (κ3) is 3.31. The zero-order valence-electron chi connectivity index (χ0n) is 9.29. The molecule has 0 heterocycles. The van der Waals surface area contributed by atoms with Crippen LogP contribution < -0.4 is 5.73 Å². The standard InChI is InChI=1S/C13H10Cl2FNS/c14-10-5-8(1-3-12(10)16)7-18-13-4-2-9(17)6-11(13)15/h1-6H,7,17H2. The number of halogens is 3. The Morgan fingerprint density at radius 3 is 2.50 bits per heavy atom. The maximum absolute atomic E-state index is 13.0. The van der Waals surface area contributed by atoms with Gasteiger partial charge in [-0.15, -0.1) is 11.8 Å². The second-order valence-corrected chi connectivity index (χ2v) is 5.56. The minimum absolute atomic E-state index is 0.136. The van der Waals surface area contributed by atoms with E-state index in [1.54, 1.807) is 36.0 Å². The Morgan fingerprint density at radius 1 is 1.06 bits per heavy atom. The van der Waals surface area contributed by atoms with Gasteiger partial charge in [0, 0.05) is 16.3 Å². The van der Waals surface area contributed by atoms with Crippen molar-refractivity contribution in [3.05, 3.63) is 57.8 Å². The maximum Gasteiger partial charge on any atom is 0.141 e. The first-order valence-electron chi connectivity index (χ1n) is 5.18. The van der Waals surface area contributed by atoms with E-state index in [1.807, 2.05) is 6.07 Å². The van der Waals surface area contributed by atoms with E-state index in [1.165, 1.54) is 6.07 Å². The molecule has 5 heteroatoms. The summed E-state index contributed by atoms with van der Waals surface area (Å²) in [5.41, 5.74) is 7.20. The van der Waals surface area contributed by atoms with E-state index in [4.69, 9.17) is 28.9 Å². The van der Waals surface area contributed by atoms with Crippen molar-refractivity contribution in [3.8, 4) is 0 Å². The van der Waals surface area contributed by atoms with Crippen molar-refractivity contribution >= 4 is 40.7 Å². The zero-order valence-corrected chi connectivity index (χ0v) is 11.6. The van der Waals surface area contributed by atoms with Crippen molar-refractivity contribution in [1.82, 2.24) is 0 Å². The highest BCUT2D eigenvalue weighted by atomic mass is 35.5. The van der Waals surface area contributed by atoms with Gasteiger partial charge >= 0.3 is 0 Å². The Kier molecular flexibility index (Phi) is 4.38. The van der Waals surface area contributed by atoms with Crippen LogP contribution >= 0.6 is 35.0 Å². The van der Waals surface area contributed by atoms with Crippen LogP contribution in [0.2, 0.25) is 10.0 Å². The van der Waals surface area contributed by atoms with Gasteiger partial charge in [0.15, 0.2) is 0 Å². The molecular weight excluding hydrogens is 292 g/mol. The molecule has 1 nitrogen and oxygen atoms in total. The van der Waals surface area contributed by atoms with Gasteiger partial charge in [-0.2, -0.15) is 0 Å². The summed E-state index contributed by atoms with van der Waals surface area (Å²) in [4.78, 5) is 0.936. The molecule has 0 bridgehead atoms. The number of anilines is 1. The molecule has 0 saturated carbocycles. The predicted molar refractivity (Wildman–Crippen MR) is 76.8 cm³/mol. The highest BCUT2D eigenvalue weighted by Gasteiger charge is 2.04. The largest absolute Gasteiger partial charge is 0.399 e. The van der Waals surface area contributed by atoms with Crippen LogP contribution in [0.4, 0.5) is 10.1 Å². The highest BCUT2D eigenvalue weighted by molar-refractivity contribution is 7.98. The van der Waals surface area contributed by atoms with Gasteiger partial charge in [-0.25, -0.2) is 4.39 Å². The van der Waals surface area contributed by atoms with Crippen molar-refractivity contribution in [1.29, 1.82) is 0 Å². The van der Waals surface area contributed by atoms with Crippen LogP contribution in [0.5, 0.6) is 0 Å². The Labute approximate surface area is 119 Å². The van der Waals surface area contributed by atoms with Gasteiger partial charge in [0.05, 0.1) is 10.0 Å². The van der Waals surface area contributed by atoms with Crippen molar-refractivity contribution in [3.63, 3.8) is 0 Å². The molecule has 2 N–H and O–H groups in total. The van der Waals surface area contributed by atoms with Gasteiger partial charge in [0.25, 0.3) is 0 Å². The lowest BCUT2D eigenvalue weighted by molar-refractivity contribution is 0.628. The van der Waals surface area contributed by atoms with Crippen LogP contribution in [0.25, 0.3) is 0 Å². The first-order chi connectivity index (χ1) is 8.56. The molecule has 0 fully saturated rings. The average molecular weight is 302 g/mol. The summed E-state index contributed by atoms with van der Waals surface area (Å²) >= 11 is 13.3. The fourth-order valence-corrected chi connectivity index (χ4v) is 2.84. The van der Waals surface area contributed by atoms with Crippen molar-refractivity contribution in [2.24, 2.45) is 0 Å². The summed E-state index contributed by atoms with van der Waals surface area (Å²) < 4.78 is 13.0. The Bertz CT molecular complexity index is 575. The van der Waals surface area contributed by atoms with E-state index in [-0.39, 0.29) is 5.02 Å². The number of thioether (sulfide) groups is 1. The Balaban J connectivity index is 2.09. The van der Waals surface area contributed by atoms with Crippen LogP contribution in [-0.4, -0.2) is 0 Å². The lowest BCUT2D eigenvalue weighted by Gasteiger charge is -2.06. The highest BCUT2D eigenvalue weighted by Crippen LogP contribution is 2.31. The molecule has 2 aromatic rings. The molecular formula is C13H10Cl2FNS. The summed E-state index contributed by atoms with van der Waals surface area (Å²) in [6.45, 7) is 0. The molecule has 2 rings (SSSR count). The molecule has 0 radical (unpaired) electrons. The molecule has 94 valence electrons. The lowest BCUT2D eigenvalue weighted by Crippen LogP contribution is -1.86. The number of rotatable bonds is 3. The molecule has 0 atom stereocenters. The van der Waals surface area contributed by atoms with Crippen molar-refractivity contribution < 1.29 is 4.39 Å². The van der Waals surface area contributed by atoms with Crippen molar-refractivity contribution in [2.45, 2.75) is 10.6 Å². The molecule has 18 heavy (non-hydrogen) atoms. The second-order valence-electron chi connectivity index (χ2n) is 3.73. The van der Waals surface area contributed by atoms with Gasteiger partial charge in [0.2, 0.25) is 0 Å². The topological polar surface area (TPSA) is 26.0 Å². The number of nitrogens with two attached hydrogens (primary N) is 1. The Hall–Kier alpha value is -0.900. The summed E-state index contributed by atoms with van der Waals surface area (Å²) in [6, 6.07) is 10.1. The van der Waals surface area contributed by atoms with Gasteiger partial charge in [-0.05, 0) is 35.9 Å². The van der Waals surface area contributed by atoms with Crippen LogP contribution in [0.15, 0.2) is 41.3 Å². The fraction of sp³-hybridized carbons (Fsp3) is 0.0769. The van der Waals surface area contributed by atoms with Crippen molar-refractivity contribution in [2.75, 3.05) is 5.73 Å². The monoisotopic (exact) mass is 301 g/mol. The SMILES string of the molecule is Nc1ccc(SCc2ccc(F)c(Cl)c2)c(Cl)c1. The van der Waals surface area contributed by atoms with Crippen LogP contribution in [0, 0.1) is 5.82 Å². The Morgan fingerprint density at radius 2 is 1.83 bits per heavy atom. The first-order valence-corrected chi connectivity index (χ1v) is 6.92. The van der Waals surface area contributed by atoms with Gasteiger partial charge in [-0.1, -0.05) is 29.3 Å². The molecule has 0 unspecified atom stereocenters. The number of benzene rings is 2. The van der Waals surface area contributed by atoms with Gasteiger partial charge < -0.3 is 5.73 Å². The first kappa shape index (κ1) is 13.5. The number of nitrogen functional groups attached to an aromatic ring is 1. The van der Waals surface area contributed by atoms with E-state index in [0.717, 1.165) is 10.5 Å². The summed E-state index contributed by atoms with van der Waals surface area (Å²) in [7, 11) is 0. The van der Waals surface area contributed by atoms with Gasteiger partial charge in [-0.3, -0.25) is 0 Å². The summed E-state index contributed by atoms with van der Waals surface area (Å²) in [5, 5.41) is 0.754. The molecule has 0 amide bonds. The third-order valence-corrected chi connectivity index (χ3v) is 4.19. The normalized spacial score (nSPS) is 10.6.